The lowest BCUT2D eigenvalue weighted by Gasteiger charge is -2.42. The summed E-state index contributed by atoms with van der Waals surface area (Å²) in [5.74, 6) is -3.88. The molecule has 1 saturated heterocycles. The van der Waals surface area contributed by atoms with Gasteiger partial charge in [-0.25, -0.2) is 4.79 Å². The first-order valence-corrected chi connectivity index (χ1v) is 9.20. The number of para-hydroxylation sites is 2. The van der Waals surface area contributed by atoms with Crippen molar-refractivity contribution < 1.29 is 52.5 Å². The molecule has 32 heavy (non-hydrogen) atoms. The molecule has 174 valence electrons. The fourth-order valence-electron chi connectivity index (χ4n) is 3.01. The largest absolute Gasteiger partial charge is 0.467 e. The van der Waals surface area contributed by atoms with Crippen molar-refractivity contribution in [3.63, 3.8) is 0 Å². The van der Waals surface area contributed by atoms with Crippen molar-refractivity contribution in [1.82, 2.24) is 0 Å². The summed E-state index contributed by atoms with van der Waals surface area (Å²) in [5, 5.41) is 11.3. The van der Waals surface area contributed by atoms with Crippen molar-refractivity contribution in [1.29, 1.82) is 0 Å². The van der Waals surface area contributed by atoms with Crippen molar-refractivity contribution in [3.8, 4) is 5.75 Å². The van der Waals surface area contributed by atoms with E-state index < -0.39 is 65.2 Å². The average Bonchev–Trinajstić information content (AvgIpc) is 2.70. The number of esters is 4. The van der Waals surface area contributed by atoms with Gasteiger partial charge in [0.15, 0.2) is 24.1 Å². The zero-order valence-electron chi connectivity index (χ0n) is 17.5. The van der Waals surface area contributed by atoms with Gasteiger partial charge in [-0.1, -0.05) is 12.1 Å². The summed E-state index contributed by atoms with van der Waals surface area (Å²) in [7, 11) is 1.04. The number of methoxy groups -OCH3 is 1. The van der Waals surface area contributed by atoms with Crippen LogP contribution in [0, 0.1) is 10.1 Å². The van der Waals surface area contributed by atoms with E-state index in [1.807, 2.05) is 0 Å². The molecule has 0 aromatic heterocycles. The molecule has 0 bridgehead atoms. The lowest BCUT2D eigenvalue weighted by molar-refractivity contribution is -0.387. The van der Waals surface area contributed by atoms with E-state index in [1.54, 1.807) is 0 Å². The maximum Gasteiger partial charge on any atom is 0.339 e. The minimum Gasteiger partial charge on any atom is -0.467 e. The second-order valence-electron chi connectivity index (χ2n) is 6.51. The molecule has 1 fully saturated rings. The van der Waals surface area contributed by atoms with Crippen LogP contribution in [-0.4, -0.2) is 66.6 Å². The van der Waals surface area contributed by atoms with Gasteiger partial charge in [-0.15, -0.1) is 0 Å². The van der Waals surface area contributed by atoms with E-state index in [0.717, 1.165) is 33.9 Å². The summed E-state index contributed by atoms with van der Waals surface area (Å²) >= 11 is 0. The van der Waals surface area contributed by atoms with E-state index >= 15 is 0 Å². The molecule has 0 aliphatic carbocycles. The van der Waals surface area contributed by atoms with Crippen LogP contribution in [0.4, 0.5) is 5.69 Å². The number of benzene rings is 1. The Hall–Kier alpha value is -3.74. The lowest BCUT2D eigenvalue weighted by Crippen LogP contribution is -2.64. The summed E-state index contributed by atoms with van der Waals surface area (Å²) in [6, 6.07) is 5.24. The minimum absolute atomic E-state index is 0.282. The van der Waals surface area contributed by atoms with Crippen LogP contribution in [-0.2, 0) is 42.9 Å². The monoisotopic (exact) mass is 455 g/mol. The Morgan fingerprint density at radius 1 is 0.906 bits per heavy atom. The van der Waals surface area contributed by atoms with Crippen LogP contribution in [0.1, 0.15) is 20.8 Å². The van der Waals surface area contributed by atoms with Gasteiger partial charge in [0.1, 0.15) is 0 Å². The molecule has 2 rings (SSSR count). The molecule has 0 spiro atoms. The molecule has 13 heteroatoms. The number of nitro groups is 1. The van der Waals surface area contributed by atoms with Gasteiger partial charge in [0.2, 0.25) is 12.4 Å². The third-order valence-corrected chi connectivity index (χ3v) is 4.14. The SMILES string of the molecule is COC(=O)[C@H]1O[C@H](Oc2ccccc2[N+](=O)[O-])[C@@H](OC(C)=O)[C@H](OC(C)=O)[C@@H]1OC(C)=O. The first-order valence-electron chi connectivity index (χ1n) is 9.20. The normalized spacial score (nSPS) is 24.6. The van der Waals surface area contributed by atoms with E-state index in [2.05, 4.69) is 4.74 Å². The number of carbonyl (C=O) groups is 4. The van der Waals surface area contributed by atoms with Gasteiger partial charge < -0.3 is 28.4 Å². The highest BCUT2D eigenvalue weighted by Crippen LogP contribution is 2.34. The van der Waals surface area contributed by atoms with E-state index in [1.165, 1.54) is 18.2 Å². The van der Waals surface area contributed by atoms with Crippen LogP contribution < -0.4 is 4.74 Å². The molecule has 1 heterocycles. The number of hydrogen-bond donors (Lipinski definition) is 0. The Bertz CT molecular complexity index is 900. The number of rotatable bonds is 7. The minimum atomic E-state index is -1.68. The van der Waals surface area contributed by atoms with Crippen LogP contribution in [0.2, 0.25) is 0 Å². The molecule has 1 aliphatic rings. The first kappa shape index (κ1) is 24.5. The average molecular weight is 455 g/mol. The summed E-state index contributed by atoms with van der Waals surface area (Å²) in [6.07, 6.45) is -8.06. The van der Waals surface area contributed by atoms with Crippen molar-refractivity contribution in [2.45, 2.75) is 51.5 Å². The molecule has 0 unspecified atom stereocenters. The van der Waals surface area contributed by atoms with Crippen LogP contribution in [0.15, 0.2) is 24.3 Å². The van der Waals surface area contributed by atoms with Crippen molar-refractivity contribution in [2.24, 2.45) is 0 Å². The highest BCUT2D eigenvalue weighted by atomic mass is 16.7. The molecule has 1 aliphatic heterocycles. The number of ether oxygens (including phenoxy) is 6. The quantitative estimate of drug-likeness (QED) is 0.244. The van der Waals surface area contributed by atoms with Gasteiger partial charge in [0.25, 0.3) is 0 Å². The van der Waals surface area contributed by atoms with Crippen LogP contribution in [0.25, 0.3) is 0 Å². The molecular formula is C19H21NO12. The molecule has 1 aromatic rings. The highest BCUT2D eigenvalue weighted by molar-refractivity contribution is 5.77. The third-order valence-electron chi connectivity index (χ3n) is 4.14. The molecule has 1 aromatic carbocycles. The van der Waals surface area contributed by atoms with Gasteiger partial charge in [-0.3, -0.25) is 24.5 Å². The predicted molar refractivity (Wildman–Crippen MR) is 101 cm³/mol. The van der Waals surface area contributed by atoms with Gasteiger partial charge in [-0.2, -0.15) is 0 Å². The maximum absolute atomic E-state index is 12.3. The van der Waals surface area contributed by atoms with Gasteiger partial charge in [-0.05, 0) is 6.07 Å². The zero-order valence-corrected chi connectivity index (χ0v) is 17.5. The molecule has 0 N–H and O–H groups in total. The smallest absolute Gasteiger partial charge is 0.339 e. The molecular weight excluding hydrogens is 434 g/mol. The number of nitrogens with zero attached hydrogens (tertiary/aromatic N) is 1. The fraction of sp³-hybridized carbons (Fsp3) is 0.474. The van der Waals surface area contributed by atoms with Gasteiger partial charge in [0.05, 0.1) is 12.0 Å². The molecule has 0 saturated carbocycles. The zero-order chi connectivity index (χ0) is 24.0. The lowest BCUT2D eigenvalue weighted by atomic mass is 9.97. The molecule has 0 radical (unpaired) electrons. The summed E-state index contributed by atoms with van der Waals surface area (Å²) in [6.45, 7) is 3.12. The van der Waals surface area contributed by atoms with Crippen LogP contribution in [0.5, 0.6) is 5.75 Å². The molecule has 13 nitrogen and oxygen atoms in total. The van der Waals surface area contributed by atoms with E-state index in [0.29, 0.717) is 0 Å². The van der Waals surface area contributed by atoms with Gasteiger partial charge >= 0.3 is 29.6 Å². The van der Waals surface area contributed by atoms with Crippen molar-refractivity contribution >= 4 is 29.6 Å². The number of nitro benzene ring substituents is 1. The second-order valence-corrected chi connectivity index (χ2v) is 6.51. The van der Waals surface area contributed by atoms with Crippen molar-refractivity contribution in [2.75, 3.05) is 7.11 Å². The summed E-state index contributed by atoms with van der Waals surface area (Å²) in [5.41, 5.74) is -0.446. The van der Waals surface area contributed by atoms with Crippen LogP contribution in [0.3, 0.4) is 0 Å². The fourth-order valence-corrected chi connectivity index (χ4v) is 3.01. The summed E-state index contributed by atoms with van der Waals surface area (Å²) in [4.78, 5) is 58.1. The predicted octanol–water partition coefficient (Wildman–Crippen LogP) is 0.667. The Morgan fingerprint density at radius 2 is 1.44 bits per heavy atom. The highest BCUT2D eigenvalue weighted by Gasteiger charge is 2.56. The molecule has 0 amide bonds. The Kier molecular flexibility index (Phi) is 8.07. The number of carbonyl (C=O) groups excluding carboxylic acids is 4. The van der Waals surface area contributed by atoms with E-state index in [-0.39, 0.29) is 5.75 Å². The number of hydrogen-bond acceptors (Lipinski definition) is 12. The Balaban J connectivity index is 2.56. The standard InChI is InChI=1S/C19H21NO12/c1-9(21)28-14-15(29-10(2)22)17(30-11(3)23)19(32-16(14)18(24)27-4)31-13-8-6-5-7-12(13)20(25)26/h5-8,14-17,19H,1-4H3/t14-,15+,16-,17-,19-/m0/s1. The molecule has 5 atom stereocenters. The Labute approximate surface area is 181 Å². The third kappa shape index (κ3) is 5.91. The summed E-state index contributed by atoms with van der Waals surface area (Å²) < 4.78 is 31.3. The van der Waals surface area contributed by atoms with E-state index in [9.17, 15) is 29.3 Å². The topological polar surface area (TPSA) is 167 Å². The van der Waals surface area contributed by atoms with Crippen molar-refractivity contribution in [3.05, 3.63) is 34.4 Å². The Morgan fingerprint density at radius 3 is 1.97 bits per heavy atom. The van der Waals surface area contributed by atoms with E-state index in [4.69, 9.17) is 23.7 Å². The van der Waals surface area contributed by atoms with Crippen LogP contribution >= 0.6 is 0 Å². The van der Waals surface area contributed by atoms with Gasteiger partial charge in [0, 0.05) is 26.8 Å². The first-order chi connectivity index (χ1) is 15.0. The second kappa shape index (κ2) is 10.5. The maximum atomic E-state index is 12.3.